The van der Waals surface area contributed by atoms with Crippen LogP contribution < -0.4 is 5.32 Å². The van der Waals surface area contributed by atoms with Crippen LogP contribution in [-0.4, -0.2) is 24.2 Å². The van der Waals surface area contributed by atoms with Crippen molar-refractivity contribution in [3.8, 4) is 0 Å². The molecule has 0 aliphatic heterocycles. The van der Waals surface area contributed by atoms with Crippen molar-refractivity contribution < 1.29 is 9.90 Å². The fraction of sp³-hybridized carbons (Fsp3) is 0.750. The van der Waals surface area contributed by atoms with Gasteiger partial charge in [-0.2, -0.15) is 0 Å². The molecule has 3 heteroatoms. The first-order valence-electron chi connectivity index (χ1n) is 5.80. The molecule has 88 valence electrons. The van der Waals surface area contributed by atoms with Crippen LogP contribution in [0.15, 0.2) is 12.2 Å². The van der Waals surface area contributed by atoms with E-state index in [4.69, 9.17) is 5.11 Å². The van der Waals surface area contributed by atoms with Crippen molar-refractivity contribution in [3.05, 3.63) is 12.2 Å². The Labute approximate surface area is 92.6 Å². The van der Waals surface area contributed by atoms with Crippen LogP contribution in [0.1, 0.15) is 39.5 Å². The monoisotopic (exact) mass is 213 g/mol. The molecule has 3 nitrogen and oxygen atoms in total. The fourth-order valence-electron chi connectivity index (χ4n) is 1.47. The maximum atomic E-state index is 10.2. The second-order valence-electron chi connectivity index (χ2n) is 3.82. The molecule has 1 unspecified atom stereocenters. The van der Waals surface area contributed by atoms with Crippen LogP contribution in [0.3, 0.4) is 0 Å². The molecule has 0 amide bonds. The smallest absolute Gasteiger partial charge is 0.328 e. The molecule has 0 spiro atoms. The molecule has 0 aliphatic carbocycles. The first kappa shape index (κ1) is 14.2. The first-order chi connectivity index (χ1) is 7.20. The van der Waals surface area contributed by atoms with E-state index in [0.29, 0.717) is 6.54 Å². The number of rotatable bonds is 9. The summed E-state index contributed by atoms with van der Waals surface area (Å²) < 4.78 is 0. The lowest BCUT2D eigenvalue weighted by molar-refractivity contribution is -0.131. The molecule has 0 aromatic carbocycles. The molecule has 15 heavy (non-hydrogen) atoms. The van der Waals surface area contributed by atoms with E-state index in [-0.39, 0.29) is 0 Å². The van der Waals surface area contributed by atoms with Gasteiger partial charge in [0, 0.05) is 12.6 Å². The Hall–Kier alpha value is -0.830. The van der Waals surface area contributed by atoms with Gasteiger partial charge in [-0.3, -0.25) is 0 Å². The van der Waals surface area contributed by atoms with E-state index in [1.54, 1.807) is 6.08 Å². The lowest BCUT2D eigenvalue weighted by Gasteiger charge is -2.14. The van der Waals surface area contributed by atoms with Crippen molar-refractivity contribution in [2.75, 3.05) is 13.1 Å². The second kappa shape index (κ2) is 9.71. The van der Waals surface area contributed by atoms with E-state index in [9.17, 15) is 4.79 Å². The highest BCUT2D eigenvalue weighted by molar-refractivity contribution is 5.79. The highest BCUT2D eigenvalue weighted by atomic mass is 16.4. The predicted octanol–water partition coefficient (Wildman–Crippen LogP) is 2.43. The molecule has 0 fully saturated rings. The number of carboxylic acids is 1. The van der Waals surface area contributed by atoms with Crippen LogP contribution in [0.4, 0.5) is 0 Å². The number of hydrogen-bond acceptors (Lipinski definition) is 2. The summed E-state index contributed by atoms with van der Waals surface area (Å²) in [4.78, 5) is 10.2. The minimum Gasteiger partial charge on any atom is -0.478 e. The SMILES string of the molecule is CCCCC(CC)CNC/C=C/C(=O)O. The average Bonchev–Trinajstić information content (AvgIpc) is 2.21. The number of nitrogens with one attached hydrogen (secondary N) is 1. The van der Waals surface area contributed by atoms with Gasteiger partial charge in [-0.1, -0.05) is 39.2 Å². The molecule has 0 aromatic heterocycles. The summed E-state index contributed by atoms with van der Waals surface area (Å²) in [5.41, 5.74) is 0. The average molecular weight is 213 g/mol. The number of carboxylic acid groups (broad SMARTS) is 1. The highest BCUT2D eigenvalue weighted by Gasteiger charge is 2.03. The van der Waals surface area contributed by atoms with Crippen LogP contribution in [0.5, 0.6) is 0 Å². The zero-order valence-electron chi connectivity index (χ0n) is 9.83. The molecular formula is C12H23NO2. The molecule has 0 aliphatic rings. The van der Waals surface area contributed by atoms with Gasteiger partial charge in [0.2, 0.25) is 0 Å². The molecular weight excluding hydrogens is 190 g/mol. The van der Waals surface area contributed by atoms with Crippen molar-refractivity contribution in [3.63, 3.8) is 0 Å². The standard InChI is InChI=1S/C12H23NO2/c1-3-5-7-11(4-2)10-13-9-6-8-12(14)15/h6,8,11,13H,3-5,7,9-10H2,1-2H3,(H,14,15)/b8-6+. The van der Waals surface area contributed by atoms with Crippen molar-refractivity contribution in [2.24, 2.45) is 5.92 Å². The molecule has 0 bridgehead atoms. The Bertz CT molecular complexity index is 190. The third-order valence-corrected chi connectivity index (χ3v) is 2.50. The van der Waals surface area contributed by atoms with Gasteiger partial charge in [0.15, 0.2) is 0 Å². The molecule has 0 radical (unpaired) electrons. The Morgan fingerprint density at radius 3 is 2.73 bits per heavy atom. The summed E-state index contributed by atoms with van der Waals surface area (Å²) in [5, 5.41) is 11.6. The van der Waals surface area contributed by atoms with E-state index in [0.717, 1.165) is 12.5 Å². The van der Waals surface area contributed by atoms with E-state index >= 15 is 0 Å². The minimum absolute atomic E-state index is 0.648. The molecule has 0 rings (SSSR count). The minimum atomic E-state index is -0.880. The van der Waals surface area contributed by atoms with Crippen LogP contribution in [0, 0.1) is 5.92 Å². The van der Waals surface area contributed by atoms with Crippen LogP contribution >= 0.6 is 0 Å². The molecule has 0 saturated heterocycles. The zero-order chi connectivity index (χ0) is 11.5. The summed E-state index contributed by atoms with van der Waals surface area (Å²) in [6, 6.07) is 0. The van der Waals surface area contributed by atoms with Crippen LogP contribution in [0.25, 0.3) is 0 Å². The van der Waals surface area contributed by atoms with Gasteiger partial charge >= 0.3 is 5.97 Å². The Morgan fingerprint density at radius 2 is 2.20 bits per heavy atom. The van der Waals surface area contributed by atoms with E-state index < -0.39 is 5.97 Å². The lowest BCUT2D eigenvalue weighted by atomic mass is 9.99. The molecule has 0 heterocycles. The zero-order valence-corrected chi connectivity index (χ0v) is 9.83. The largest absolute Gasteiger partial charge is 0.478 e. The quantitative estimate of drug-likeness (QED) is 0.457. The topological polar surface area (TPSA) is 49.3 Å². The van der Waals surface area contributed by atoms with E-state index in [2.05, 4.69) is 19.2 Å². The van der Waals surface area contributed by atoms with Crippen LogP contribution in [0.2, 0.25) is 0 Å². The van der Waals surface area contributed by atoms with Crippen molar-refractivity contribution in [1.82, 2.24) is 5.32 Å². The van der Waals surface area contributed by atoms with Gasteiger partial charge in [-0.15, -0.1) is 0 Å². The summed E-state index contributed by atoms with van der Waals surface area (Å²) in [7, 11) is 0. The first-order valence-corrected chi connectivity index (χ1v) is 5.80. The molecule has 2 N–H and O–H groups in total. The highest BCUT2D eigenvalue weighted by Crippen LogP contribution is 2.10. The number of carbonyl (C=O) groups is 1. The number of unbranched alkanes of at least 4 members (excludes halogenated alkanes) is 1. The Kier molecular flexibility index (Phi) is 9.18. The maximum absolute atomic E-state index is 10.2. The Balaban J connectivity index is 3.49. The third kappa shape index (κ3) is 9.47. The molecule has 0 saturated carbocycles. The summed E-state index contributed by atoms with van der Waals surface area (Å²) in [6.07, 6.45) is 7.81. The second-order valence-corrected chi connectivity index (χ2v) is 3.82. The fourth-order valence-corrected chi connectivity index (χ4v) is 1.47. The van der Waals surface area contributed by atoms with E-state index in [1.807, 2.05) is 0 Å². The lowest BCUT2D eigenvalue weighted by Crippen LogP contribution is -2.22. The summed E-state index contributed by atoms with van der Waals surface area (Å²) in [6.45, 7) is 6.04. The number of hydrogen-bond donors (Lipinski definition) is 2. The molecule has 1 atom stereocenters. The van der Waals surface area contributed by atoms with Gasteiger partial charge < -0.3 is 10.4 Å². The Morgan fingerprint density at radius 1 is 1.47 bits per heavy atom. The van der Waals surface area contributed by atoms with E-state index in [1.165, 1.54) is 31.8 Å². The predicted molar refractivity (Wildman–Crippen MR) is 63.0 cm³/mol. The van der Waals surface area contributed by atoms with Crippen molar-refractivity contribution in [1.29, 1.82) is 0 Å². The maximum Gasteiger partial charge on any atom is 0.328 e. The van der Waals surface area contributed by atoms with Gasteiger partial charge in [0.1, 0.15) is 0 Å². The van der Waals surface area contributed by atoms with Crippen molar-refractivity contribution >= 4 is 5.97 Å². The normalized spacial score (nSPS) is 13.2. The number of aliphatic carboxylic acids is 1. The summed E-state index contributed by atoms with van der Waals surface area (Å²) >= 11 is 0. The van der Waals surface area contributed by atoms with Gasteiger partial charge in [0.25, 0.3) is 0 Å². The van der Waals surface area contributed by atoms with Crippen LogP contribution in [-0.2, 0) is 4.79 Å². The van der Waals surface area contributed by atoms with Gasteiger partial charge in [-0.25, -0.2) is 4.79 Å². The summed E-state index contributed by atoms with van der Waals surface area (Å²) in [5.74, 6) is -0.155. The van der Waals surface area contributed by atoms with Gasteiger partial charge in [0.05, 0.1) is 0 Å². The van der Waals surface area contributed by atoms with Crippen molar-refractivity contribution in [2.45, 2.75) is 39.5 Å². The van der Waals surface area contributed by atoms with Gasteiger partial charge in [-0.05, 0) is 18.9 Å². The third-order valence-electron chi connectivity index (χ3n) is 2.50. The molecule has 0 aromatic rings.